The first-order chi connectivity index (χ1) is 13.0. The maximum absolute atomic E-state index is 12.7. The molecule has 2 amide bonds. The lowest BCUT2D eigenvalue weighted by Crippen LogP contribution is -2.51. The molecule has 8 nitrogen and oxygen atoms in total. The Hall–Kier alpha value is -1.83. The molecular weight excluding hydrogens is 352 g/mol. The Bertz CT molecular complexity index is 510. The summed E-state index contributed by atoms with van der Waals surface area (Å²) in [6.07, 6.45) is 4.95. The molecule has 0 bridgehead atoms. The molecule has 0 aromatic carbocycles. The summed E-state index contributed by atoms with van der Waals surface area (Å²) in [4.78, 5) is 38.0. The molecule has 0 saturated carbocycles. The zero-order valence-electron chi connectivity index (χ0n) is 16.5. The van der Waals surface area contributed by atoms with E-state index in [-0.39, 0.29) is 31.3 Å². The summed E-state index contributed by atoms with van der Waals surface area (Å²) in [6.45, 7) is 5.63. The molecule has 8 heteroatoms. The molecule has 0 aromatic heterocycles. The average molecular weight is 384 g/mol. The molecule has 154 valence electrons. The van der Waals surface area contributed by atoms with Gasteiger partial charge in [-0.15, -0.1) is 0 Å². The van der Waals surface area contributed by atoms with Crippen LogP contribution in [0.5, 0.6) is 0 Å². The number of urea groups is 1. The van der Waals surface area contributed by atoms with Crippen LogP contribution in [0.25, 0.3) is 0 Å². The number of ether oxygens (including phenoxy) is 3. The van der Waals surface area contributed by atoms with Gasteiger partial charge >= 0.3 is 18.0 Å². The Morgan fingerprint density at radius 3 is 2.41 bits per heavy atom. The third kappa shape index (κ3) is 6.09. The van der Waals surface area contributed by atoms with Gasteiger partial charge in [-0.1, -0.05) is 0 Å². The van der Waals surface area contributed by atoms with Gasteiger partial charge in [-0.25, -0.2) is 4.79 Å². The van der Waals surface area contributed by atoms with Gasteiger partial charge in [-0.2, -0.15) is 0 Å². The highest BCUT2D eigenvalue weighted by Crippen LogP contribution is 2.39. The topological polar surface area (TPSA) is 94.2 Å². The molecule has 1 atom stereocenters. The number of carbonyl (C=O) groups excluding carboxylic acids is 3. The van der Waals surface area contributed by atoms with Gasteiger partial charge in [-0.3, -0.25) is 9.59 Å². The van der Waals surface area contributed by atoms with Crippen molar-refractivity contribution in [2.75, 3.05) is 39.5 Å². The van der Waals surface area contributed by atoms with Gasteiger partial charge in [0.2, 0.25) is 0 Å². The maximum Gasteiger partial charge on any atom is 0.325 e. The number of amides is 2. The molecule has 2 heterocycles. The maximum atomic E-state index is 12.7. The Morgan fingerprint density at radius 1 is 1.11 bits per heavy atom. The summed E-state index contributed by atoms with van der Waals surface area (Å²) in [5.41, 5.74) is -0.601. The standard InChI is InChI=1S/C19H32N2O6/c1-3-25-16(22)14-20-18(24)21-10-8-19(9-11-21,17(23)26-4-2)13-15-7-5-6-12-27-15/h15H,3-14H2,1-2H3,(H,20,24)/t15-/m1/s1. The predicted molar refractivity (Wildman–Crippen MR) is 98.1 cm³/mol. The summed E-state index contributed by atoms with van der Waals surface area (Å²) in [7, 11) is 0. The minimum Gasteiger partial charge on any atom is -0.466 e. The molecule has 2 aliphatic rings. The van der Waals surface area contributed by atoms with E-state index >= 15 is 0 Å². The van der Waals surface area contributed by atoms with Crippen LogP contribution in [0.2, 0.25) is 0 Å². The quantitative estimate of drug-likeness (QED) is 0.674. The van der Waals surface area contributed by atoms with E-state index in [9.17, 15) is 14.4 Å². The molecule has 0 aliphatic carbocycles. The number of likely N-dealkylation sites (tertiary alicyclic amines) is 1. The number of piperidine rings is 1. The highest BCUT2D eigenvalue weighted by Gasteiger charge is 2.45. The minimum absolute atomic E-state index is 0.0762. The molecule has 27 heavy (non-hydrogen) atoms. The van der Waals surface area contributed by atoms with Crippen LogP contribution in [-0.2, 0) is 23.8 Å². The van der Waals surface area contributed by atoms with Crippen LogP contribution in [0.4, 0.5) is 4.79 Å². The third-order valence-electron chi connectivity index (χ3n) is 5.30. The van der Waals surface area contributed by atoms with Crippen LogP contribution in [0.15, 0.2) is 0 Å². The van der Waals surface area contributed by atoms with Gasteiger partial charge in [0, 0.05) is 19.7 Å². The van der Waals surface area contributed by atoms with Crippen LogP contribution in [0, 0.1) is 5.41 Å². The van der Waals surface area contributed by atoms with Crippen molar-refractivity contribution in [1.29, 1.82) is 0 Å². The lowest BCUT2D eigenvalue weighted by Gasteiger charge is -2.42. The molecule has 2 aliphatic heterocycles. The first kappa shape index (κ1) is 21.5. The van der Waals surface area contributed by atoms with Crippen LogP contribution in [0.3, 0.4) is 0 Å². The average Bonchev–Trinajstić information content (AvgIpc) is 2.68. The number of nitrogens with one attached hydrogen (secondary N) is 1. The van der Waals surface area contributed by atoms with Gasteiger partial charge in [0.15, 0.2) is 0 Å². The summed E-state index contributed by atoms with van der Waals surface area (Å²) in [6, 6.07) is -0.311. The molecule has 1 N–H and O–H groups in total. The van der Waals surface area contributed by atoms with Gasteiger partial charge in [0.05, 0.1) is 24.7 Å². The van der Waals surface area contributed by atoms with E-state index in [1.54, 1.807) is 18.7 Å². The molecule has 2 rings (SSSR count). The number of carbonyl (C=O) groups is 3. The van der Waals surface area contributed by atoms with Crippen LogP contribution >= 0.6 is 0 Å². The van der Waals surface area contributed by atoms with Gasteiger partial charge in [0.1, 0.15) is 6.54 Å². The van der Waals surface area contributed by atoms with Crippen molar-refractivity contribution in [2.45, 2.75) is 58.5 Å². The second-order valence-corrected chi connectivity index (χ2v) is 7.14. The fourth-order valence-electron chi connectivity index (χ4n) is 3.79. The van der Waals surface area contributed by atoms with Gasteiger partial charge in [0.25, 0.3) is 0 Å². The Balaban J connectivity index is 1.92. The van der Waals surface area contributed by atoms with Gasteiger partial charge < -0.3 is 24.4 Å². The summed E-state index contributed by atoms with van der Waals surface area (Å²) in [5.74, 6) is -0.649. The van der Waals surface area contributed by atoms with Gasteiger partial charge in [-0.05, 0) is 52.4 Å². The predicted octanol–water partition coefficient (Wildman–Crippen LogP) is 1.86. The van der Waals surface area contributed by atoms with Crippen LogP contribution in [0.1, 0.15) is 52.4 Å². The molecular formula is C19H32N2O6. The Labute approximate surface area is 160 Å². The molecule has 2 saturated heterocycles. The first-order valence-electron chi connectivity index (χ1n) is 9.98. The first-order valence-corrected chi connectivity index (χ1v) is 9.98. The number of hydrogen-bond donors (Lipinski definition) is 1. The van der Waals surface area contributed by atoms with Crippen molar-refractivity contribution >= 4 is 18.0 Å². The zero-order chi connectivity index (χ0) is 19.7. The molecule has 0 spiro atoms. The van der Waals surface area contributed by atoms with E-state index < -0.39 is 11.4 Å². The second-order valence-electron chi connectivity index (χ2n) is 7.14. The molecule has 0 unspecified atom stereocenters. The lowest BCUT2D eigenvalue weighted by molar-refractivity contribution is -0.162. The van der Waals surface area contributed by atoms with Crippen molar-refractivity contribution in [3.8, 4) is 0 Å². The fraction of sp³-hybridized carbons (Fsp3) is 0.842. The van der Waals surface area contributed by atoms with Crippen molar-refractivity contribution < 1.29 is 28.6 Å². The largest absolute Gasteiger partial charge is 0.466 e. The minimum atomic E-state index is -0.601. The smallest absolute Gasteiger partial charge is 0.325 e. The fourth-order valence-corrected chi connectivity index (χ4v) is 3.79. The molecule has 0 radical (unpaired) electrons. The van der Waals surface area contributed by atoms with E-state index in [0.717, 1.165) is 25.9 Å². The molecule has 2 fully saturated rings. The third-order valence-corrected chi connectivity index (χ3v) is 5.30. The number of nitrogens with zero attached hydrogens (tertiary/aromatic N) is 1. The Morgan fingerprint density at radius 2 is 1.81 bits per heavy atom. The summed E-state index contributed by atoms with van der Waals surface area (Å²) in [5, 5.41) is 2.57. The highest BCUT2D eigenvalue weighted by molar-refractivity contribution is 5.81. The van der Waals surface area contributed by atoms with E-state index in [4.69, 9.17) is 14.2 Å². The van der Waals surface area contributed by atoms with E-state index in [0.29, 0.717) is 39.0 Å². The highest BCUT2D eigenvalue weighted by atomic mass is 16.5. The van der Waals surface area contributed by atoms with Crippen molar-refractivity contribution in [3.05, 3.63) is 0 Å². The Kier molecular flexibility index (Phi) is 8.34. The van der Waals surface area contributed by atoms with Crippen LogP contribution in [-0.4, -0.2) is 68.4 Å². The normalized spacial score (nSPS) is 22.0. The van der Waals surface area contributed by atoms with Crippen molar-refractivity contribution in [1.82, 2.24) is 10.2 Å². The SMILES string of the molecule is CCOC(=O)CNC(=O)N1CCC(C[C@H]2CCCCO2)(C(=O)OCC)CC1. The van der Waals surface area contributed by atoms with E-state index in [1.807, 2.05) is 0 Å². The number of esters is 2. The summed E-state index contributed by atoms with van der Waals surface area (Å²) < 4.78 is 16.0. The monoisotopic (exact) mass is 384 g/mol. The molecule has 0 aromatic rings. The summed E-state index contributed by atoms with van der Waals surface area (Å²) >= 11 is 0. The van der Waals surface area contributed by atoms with Crippen molar-refractivity contribution in [3.63, 3.8) is 0 Å². The lowest BCUT2D eigenvalue weighted by atomic mass is 9.73. The van der Waals surface area contributed by atoms with E-state index in [1.165, 1.54) is 0 Å². The number of rotatable bonds is 7. The number of hydrogen-bond acceptors (Lipinski definition) is 6. The van der Waals surface area contributed by atoms with Crippen molar-refractivity contribution in [2.24, 2.45) is 5.41 Å². The van der Waals surface area contributed by atoms with E-state index in [2.05, 4.69) is 5.32 Å². The zero-order valence-corrected chi connectivity index (χ0v) is 16.5. The second kappa shape index (κ2) is 10.5. The van der Waals surface area contributed by atoms with Crippen LogP contribution < -0.4 is 5.32 Å².